The molecule has 2 N–H and O–H groups in total. The second-order valence-electron chi connectivity index (χ2n) is 6.71. The van der Waals surface area contributed by atoms with Gasteiger partial charge in [-0.05, 0) is 32.4 Å². The van der Waals surface area contributed by atoms with Gasteiger partial charge in [0.15, 0.2) is 5.96 Å². The van der Waals surface area contributed by atoms with Crippen molar-refractivity contribution in [3.63, 3.8) is 0 Å². The Morgan fingerprint density at radius 3 is 2.92 bits per heavy atom. The second-order valence-corrected chi connectivity index (χ2v) is 6.71. The van der Waals surface area contributed by atoms with Gasteiger partial charge in [0.05, 0.1) is 6.20 Å². The van der Waals surface area contributed by atoms with Crippen LogP contribution in [0.25, 0.3) is 0 Å². The van der Waals surface area contributed by atoms with Crippen molar-refractivity contribution in [3.05, 3.63) is 12.4 Å². The predicted molar refractivity (Wildman–Crippen MR) is 102 cm³/mol. The second kappa shape index (κ2) is 10.7. The molecule has 1 saturated heterocycles. The van der Waals surface area contributed by atoms with E-state index in [1.54, 1.807) is 29.9 Å². The van der Waals surface area contributed by atoms with Crippen molar-refractivity contribution in [2.24, 2.45) is 4.99 Å². The van der Waals surface area contributed by atoms with Gasteiger partial charge in [0.1, 0.15) is 6.54 Å². The number of carbonyl (C=O) groups is 1. The van der Waals surface area contributed by atoms with Gasteiger partial charge in [-0.15, -0.1) is 5.10 Å². The van der Waals surface area contributed by atoms with Gasteiger partial charge in [-0.3, -0.25) is 14.4 Å². The number of amides is 1. The number of aryl methyl sites for hydroxylation is 1. The van der Waals surface area contributed by atoms with E-state index in [0.29, 0.717) is 12.0 Å². The number of guanidine groups is 1. The van der Waals surface area contributed by atoms with Crippen LogP contribution >= 0.6 is 0 Å². The average Bonchev–Trinajstić information content (AvgIpc) is 3.31. The molecule has 0 bridgehead atoms. The Kier molecular flexibility index (Phi) is 8.33. The highest BCUT2D eigenvalue weighted by Gasteiger charge is 2.22. The van der Waals surface area contributed by atoms with Crippen LogP contribution in [-0.2, 0) is 11.3 Å². The lowest BCUT2D eigenvalue weighted by Gasteiger charge is -2.24. The van der Waals surface area contributed by atoms with Gasteiger partial charge in [-0.1, -0.05) is 12.1 Å². The van der Waals surface area contributed by atoms with E-state index in [-0.39, 0.29) is 12.5 Å². The molecule has 1 fully saturated rings. The average molecular weight is 364 g/mol. The van der Waals surface area contributed by atoms with Crippen molar-refractivity contribution < 1.29 is 4.79 Å². The highest BCUT2D eigenvalue weighted by Crippen LogP contribution is 2.15. The summed E-state index contributed by atoms with van der Waals surface area (Å²) >= 11 is 0. The number of hydrogen-bond acceptors (Lipinski definition) is 5. The van der Waals surface area contributed by atoms with Crippen LogP contribution in [0.1, 0.15) is 26.2 Å². The number of rotatable bonds is 9. The number of carbonyl (C=O) groups excluding carboxylic acids is 1. The minimum absolute atomic E-state index is 0.00948. The summed E-state index contributed by atoms with van der Waals surface area (Å²) in [5.41, 5.74) is 0. The summed E-state index contributed by atoms with van der Waals surface area (Å²) < 4.78 is 1.80. The number of hydrogen-bond donors (Lipinski definition) is 2. The number of nitrogens with one attached hydrogen (secondary N) is 2. The number of aliphatic imine (C=N–C) groups is 1. The summed E-state index contributed by atoms with van der Waals surface area (Å²) in [6.07, 6.45) is 6.88. The molecule has 0 aliphatic carbocycles. The first kappa shape index (κ1) is 20.2. The number of likely N-dealkylation sites (tertiary alicyclic amines) is 1. The lowest BCUT2D eigenvalue weighted by Crippen LogP contribution is -2.45. The fourth-order valence-electron chi connectivity index (χ4n) is 3.02. The molecule has 1 amide bonds. The quantitative estimate of drug-likeness (QED) is 0.358. The third-order valence-electron chi connectivity index (χ3n) is 4.61. The zero-order valence-corrected chi connectivity index (χ0v) is 16.2. The van der Waals surface area contributed by atoms with Crippen molar-refractivity contribution in [3.8, 4) is 0 Å². The van der Waals surface area contributed by atoms with Gasteiger partial charge in [0, 0.05) is 46.0 Å². The Morgan fingerprint density at radius 1 is 1.38 bits per heavy atom. The lowest BCUT2D eigenvalue weighted by molar-refractivity contribution is -0.127. The fraction of sp³-hybridized carbons (Fsp3) is 0.765. The smallest absolute Gasteiger partial charge is 0.243 e. The Morgan fingerprint density at radius 2 is 2.23 bits per heavy atom. The summed E-state index contributed by atoms with van der Waals surface area (Å²) in [7, 11) is 3.49. The van der Waals surface area contributed by atoms with Crippen molar-refractivity contribution >= 4 is 11.9 Å². The van der Waals surface area contributed by atoms with Crippen molar-refractivity contribution in [1.82, 2.24) is 35.4 Å². The number of nitrogens with zero attached hydrogens (tertiary/aromatic N) is 6. The molecular formula is C17H32N8O. The van der Waals surface area contributed by atoms with E-state index >= 15 is 0 Å². The van der Waals surface area contributed by atoms with E-state index < -0.39 is 0 Å². The third kappa shape index (κ3) is 6.62. The molecule has 1 aromatic heterocycles. The van der Waals surface area contributed by atoms with Crippen LogP contribution in [0.5, 0.6) is 0 Å². The molecule has 146 valence electrons. The summed E-state index contributed by atoms with van der Waals surface area (Å²) in [4.78, 5) is 20.3. The molecule has 1 atom stereocenters. The summed E-state index contributed by atoms with van der Waals surface area (Å²) in [6.45, 7) is 6.98. The number of likely N-dealkylation sites (N-methyl/N-ethyl adjacent to an activating group) is 2. The molecule has 1 aliphatic rings. The highest BCUT2D eigenvalue weighted by atomic mass is 16.2. The third-order valence-corrected chi connectivity index (χ3v) is 4.61. The molecule has 26 heavy (non-hydrogen) atoms. The summed E-state index contributed by atoms with van der Waals surface area (Å²) in [6, 6.07) is 0.534. The molecule has 0 aromatic carbocycles. The maximum atomic E-state index is 11.8. The molecule has 0 radical (unpaired) electrons. The standard InChI is InChI=1S/C17H32N8O/c1-4-24-10-5-7-15(24)13-19-17(20-14-16(26)23(2)3)18-8-6-11-25-12-9-21-22-25/h9,12,15H,4-8,10-11,13-14H2,1-3H3,(H2,18,19,20). The molecule has 2 heterocycles. The molecule has 9 nitrogen and oxygen atoms in total. The predicted octanol–water partition coefficient (Wildman–Crippen LogP) is -0.224. The molecule has 1 unspecified atom stereocenters. The molecule has 2 rings (SSSR count). The first-order valence-electron chi connectivity index (χ1n) is 9.40. The maximum absolute atomic E-state index is 11.8. The van der Waals surface area contributed by atoms with E-state index in [1.165, 1.54) is 19.4 Å². The van der Waals surface area contributed by atoms with Crippen LogP contribution in [0.15, 0.2) is 17.4 Å². The lowest BCUT2D eigenvalue weighted by atomic mass is 10.2. The number of aromatic nitrogens is 3. The van der Waals surface area contributed by atoms with Gasteiger partial charge in [-0.25, -0.2) is 4.99 Å². The van der Waals surface area contributed by atoms with Crippen molar-refractivity contribution in [2.45, 2.75) is 38.8 Å². The normalized spacial score (nSPS) is 18.1. The minimum Gasteiger partial charge on any atom is -0.356 e. The Labute approximate surface area is 155 Å². The molecule has 1 aromatic rings. The first-order valence-corrected chi connectivity index (χ1v) is 9.40. The minimum atomic E-state index is -0.00948. The maximum Gasteiger partial charge on any atom is 0.243 e. The van der Waals surface area contributed by atoms with Crippen LogP contribution in [0.3, 0.4) is 0 Å². The fourth-order valence-corrected chi connectivity index (χ4v) is 3.02. The highest BCUT2D eigenvalue weighted by molar-refractivity contribution is 5.84. The van der Waals surface area contributed by atoms with E-state index in [1.807, 2.05) is 6.20 Å². The van der Waals surface area contributed by atoms with Crippen LogP contribution < -0.4 is 10.6 Å². The van der Waals surface area contributed by atoms with E-state index in [2.05, 4.69) is 37.8 Å². The topological polar surface area (TPSA) is 90.7 Å². The molecule has 9 heteroatoms. The Hall–Kier alpha value is -2.16. The summed E-state index contributed by atoms with van der Waals surface area (Å²) in [5, 5.41) is 14.5. The summed E-state index contributed by atoms with van der Waals surface area (Å²) in [5.74, 6) is 0.687. The van der Waals surface area contributed by atoms with Gasteiger partial charge in [0.25, 0.3) is 0 Å². The van der Waals surface area contributed by atoms with Crippen LogP contribution in [-0.4, -0.2) is 89.5 Å². The first-order chi connectivity index (χ1) is 12.6. The van der Waals surface area contributed by atoms with Crippen molar-refractivity contribution in [1.29, 1.82) is 0 Å². The molecule has 0 saturated carbocycles. The van der Waals surface area contributed by atoms with Gasteiger partial charge in [0.2, 0.25) is 5.91 Å². The van der Waals surface area contributed by atoms with Crippen molar-refractivity contribution in [2.75, 3.05) is 46.8 Å². The zero-order chi connectivity index (χ0) is 18.8. The van der Waals surface area contributed by atoms with E-state index in [9.17, 15) is 4.79 Å². The van der Waals surface area contributed by atoms with Gasteiger partial charge in [-0.2, -0.15) is 0 Å². The van der Waals surface area contributed by atoms with Crippen LogP contribution in [0.2, 0.25) is 0 Å². The van der Waals surface area contributed by atoms with Crippen LogP contribution in [0, 0.1) is 0 Å². The zero-order valence-electron chi connectivity index (χ0n) is 16.2. The monoisotopic (exact) mass is 364 g/mol. The van der Waals surface area contributed by atoms with Gasteiger partial charge >= 0.3 is 0 Å². The SMILES string of the molecule is CCN1CCCC1CNC(=NCC(=O)N(C)C)NCCCn1ccnn1. The Bertz CT molecular complexity index is 557. The van der Waals surface area contributed by atoms with Gasteiger partial charge < -0.3 is 15.5 Å². The van der Waals surface area contributed by atoms with E-state index in [0.717, 1.165) is 32.6 Å². The largest absolute Gasteiger partial charge is 0.356 e. The molecular weight excluding hydrogens is 332 g/mol. The molecule has 0 spiro atoms. The Balaban J connectivity index is 1.81. The van der Waals surface area contributed by atoms with E-state index in [4.69, 9.17) is 0 Å². The molecule has 1 aliphatic heterocycles. The van der Waals surface area contributed by atoms with Crippen LogP contribution in [0.4, 0.5) is 0 Å².